The van der Waals surface area contributed by atoms with E-state index in [9.17, 15) is 14.4 Å². The van der Waals surface area contributed by atoms with Crippen molar-refractivity contribution < 1.29 is 46.5 Å². The van der Waals surface area contributed by atoms with Gasteiger partial charge in [-0.15, -0.1) is 0 Å². The van der Waals surface area contributed by atoms with Crippen LogP contribution in [0.25, 0.3) is 33.2 Å². The van der Waals surface area contributed by atoms with Gasteiger partial charge in [-0.05, 0) is 54.4 Å². The van der Waals surface area contributed by atoms with Crippen LogP contribution in [0.15, 0.2) is 45.6 Å². The van der Waals surface area contributed by atoms with E-state index in [-0.39, 0.29) is 56.2 Å². The number of hydrogen-bond acceptors (Lipinski definition) is 9. The van der Waals surface area contributed by atoms with E-state index >= 15 is 8.78 Å². The van der Waals surface area contributed by atoms with Crippen LogP contribution in [-0.4, -0.2) is 33.3 Å². The molecule has 0 unspecified atom stereocenters. The van der Waals surface area contributed by atoms with Crippen LogP contribution in [-0.2, 0) is 9.59 Å². The van der Waals surface area contributed by atoms with Crippen molar-refractivity contribution in [3.05, 3.63) is 64.0 Å². The minimum absolute atomic E-state index is 0.0276. The van der Waals surface area contributed by atoms with Gasteiger partial charge < -0.3 is 28.1 Å². The average molecular weight is 554 g/mol. The maximum Gasteiger partial charge on any atom is 0.344 e. The lowest BCUT2D eigenvalue weighted by atomic mass is 9.91. The van der Waals surface area contributed by atoms with E-state index in [4.69, 9.17) is 23.4 Å². The Morgan fingerprint density at radius 2 is 1.27 bits per heavy atom. The Balaban J connectivity index is 2.15. The zero-order valence-electron chi connectivity index (χ0n) is 22.4. The normalized spacial score (nSPS) is 10.8. The highest BCUT2D eigenvalue weighted by atomic mass is 19.1. The SMILES string of the molecule is COc1cc(-c2c(-c3cc(F)c(OC(C)=O)c(F)c3)c3ccc(OC(C)=O)c(C)c3oc2=O)cc(OC)c1OC. The summed E-state index contributed by atoms with van der Waals surface area (Å²) in [5.74, 6) is -3.91. The molecule has 3 aromatic carbocycles. The maximum atomic E-state index is 15.1. The summed E-state index contributed by atoms with van der Waals surface area (Å²) in [5, 5.41) is 0.274. The van der Waals surface area contributed by atoms with Gasteiger partial charge in [-0.3, -0.25) is 9.59 Å². The number of halogens is 2. The van der Waals surface area contributed by atoms with E-state index in [0.29, 0.717) is 5.56 Å². The van der Waals surface area contributed by atoms with Crippen molar-refractivity contribution in [1.82, 2.24) is 0 Å². The van der Waals surface area contributed by atoms with Gasteiger partial charge in [0.25, 0.3) is 0 Å². The number of benzene rings is 3. The third-order valence-electron chi connectivity index (χ3n) is 6.01. The molecule has 11 heteroatoms. The van der Waals surface area contributed by atoms with Crippen molar-refractivity contribution in [1.29, 1.82) is 0 Å². The number of aryl methyl sites for hydroxylation is 1. The zero-order chi connectivity index (χ0) is 29.3. The minimum Gasteiger partial charge on any atom is -0.493 e. The number of rotatable bonds is 7. The molecule has 0 bridgehead atoms. The zero-order valence-corrected chi connectivity index (χ0v) is 22.4. The first kappa shape index (κ1) is 28.1. The van der Waals surface area contributed by atoms with E-state index in [1.165, 1.54) is 52.5 Å². The van der Waals surface area contributed by atoms with Crippen molar-refractivity contribution >= 4 is 22.9 Å². The Morgan fingerprint density at radius 3 is 1.77 bits per heavy atom. The summed E-state index contributed by atoms with van der Waals surface area (Å²) in [5.41, 5.74) is -0.362. The van der Waals surface area contributed by atoms with Gasteiger partial charge >= 0.3 is 17.6 Å². The van der Waals surface area contributed by atoms with Crippen LogP contribution in [0.1, 0.15) is 19.4 Å². The molecule has 0 atom stereocenters. The van der Waals surface area contributed by atoms with Gasteiger partial charge in [0.1, 0.15) is 11.3 Å². The molecule has 1 heterocycles. The predicted molar refractivity (Wildman–Crippen MR) is 140 cm³/mol. The molecule has 4 aromatic rings. The van der Waals surface area contributed by atoms with Crippen LogP contribution in [0.3, 0.4) is 0 Å². The fourth-order valence-electron chi connectivity index (χ4n) is 4.38. The molecule has 0 saturated heterocycles. The molecule has 0 radical (unpaired) electrons. The number of carbonyl (C=O) groups is 2. The lowest BCUT2D eigenvalue weighted by molar-refractivity contribution is -0.133. The summed E-state index contributed by atoms with van der Waals surface area (Å²) in [6.07, 6.45) is 0. The molecule has 0 aliphatic carbocycles. The molecule has 40 heavy (non-hydrogen) atoms. The molecular weight excluding hydrogens is 530 g/mol. The lowest BCUT2D eigenvalue weighted by Crippen LogP contribution is -2.09. The fourth-order valence-corrected chi connectivity index (χ4v) is 4.38. The number of carbonyl (C=O) groups excluding carboxylic acids is 2. The number of hydrogen-bond donors (Lipinski definition) is 0. The van der Waals surface area contributed by atoms with Gasteiger partial charge in [0.05, 0.1) is 26.9 Å². The fraction of sp³-hybridized carbons (Fsp3) is 0.207. The van der Waals surface area contributed by atoms with Gasteiger partial charge in [0.15, 0.2) is 23.1 Å². The van der Waals surface area contributed by atoms with Crippen LogP contribution in [0, 0.1) is 18.6 Å². The van der Waals surface area contributed by atoms with Crippen molar-refractivity contribution in [3.63, 3.8) is 0 Å². The van der Waals surface area contributed by atoms with Crippen molar-refractivity contribution in [2.24, 2.45) is 0 Å². The minimum atomic E-state index is -1.17. The van der Waals surface area contributed by atoms with E-state index < -0.39 is 34.9 Å². The van der Waals surface area contributed by atoms with Gasteiger partial charge in [0, 0.05) is 30.4 Å². The molecule has 4 rings (SSSR count). The topological polar surface area (TPSA) is 110 Å². The Labute approximate surface area is 226 Å². The molecular formula is C29H24F2O9. The van der Waals surface area contributed by atoms with Crippen LogP contribution >= 0.6 is 0 Å². The molecule has 0 amide bonds. The Hall–Kier alpha value is -4.93. The molecule has 0 saturated carbocycles. The summed E-state index contributed by atoms with van der Waals surface area (Å²) in [7, 11) is 4.20. The van der Waals surface area contributed by atoms with E-state index in [0.717, 1.165) is 19.1 Å². The third kappa shape index (κ3) is 5.05. The smallest absolute Gasteiger partial charge is 0.344 e. The second-order valence-corrected chi connectivity index (χ2v) is 8.58. The summed E-state index contributed by atoms with van der Waals surface area (Å²) in [6, 6.07) is 7.82. The molecule has 9 nitrogen and oxygen atoms in total. The number of esters is 2. The van der Waals surface area contributed by atoms with Crippen molar-refractivity contribution in [2.45, 2.75) is 20.8 Å². The highest BCUT2D eigenvalue weighted by Gasteiger charge is 2.26. The summed E-state index contributed by atoms with van der Waals surface area (Å²) in [6.45, 7) is 3.79. The Morgan fingerprint density at radius 1 is 0.725 bits per heavy atom. The monoisotopic (exact) mass is 554 g/mol. The number of fused-ring (bicyclic) bond motifs is 1. The first-order valence-electron chi connectivity index (χ1n) is 11.8. The molecule has 0 N–H and O–H groups in total. The maximum absolute atomic E-state index is 15.1. The molecule has 0 aliphatic heterocycles. The second kappa shape index (κ2) is 11.0. The Bertz CT molecular complexity index is 1680. The highest BCUT2D eigenvalue weighted by Crippen LogP contribution is 2.45. The van der Waals surface area contributed by atoms with Gasteiger partial charge in [0.2, 0.25) is 11.5 Å². The molecule has 1 aromatic heterocycles. The van der Waals surface area contributed by atoms with Gasteiger partial charge in [-0.25, -0.2) is 13.6 Å². The predicted octanol–water partition coefficient (Wildman–Crippen LogP) is 5.59. The number of methoxy groups -OCH3 is 3. The van der Waals surface area contributed by atoms with E-state index in [2.05, 4.69) is 4.74 Å². The summed E-state index contributed by atoms with van der Waals surface area (Å²) in [4.78, 5) is 36.6. The second-order valence-electron chi connectivity index (χ2n) is 8.58. The van der Waals surface area contributed by atoms with Crippen LogP contribution in [0.5, 0.6) is 28.7 Å². The van der Waals surface area contributed by atoms with Crippen LogP contribution in [0.4, 0.5) is 8.78 Å². The summed E-state index contributed by atoms with van der Waals surface area (Å²) < 4.78 is 62.0. The number of ether oxygens (including phenoxy) is 5. The first-order valence-corrected chi connectivity index (χ1v) is 11.8. The lowest BCUT2D eigenvalue weighted by Gasteiger charge is -2.18. The van der Waals surface area contributed by atoms with Crippen molar-refractivity contribution in [3.8, 4) is 51.0 Å². The third-order valence-corrected chi connectivity index (χ3v) is 6.01. The van der Waals surface area contributed by atoms with Crippen LogP contribution in [0.2, 0.25) is 0 Å². The largest absolute Gasteiger partial charge is 0.493 e. The van der Waals surface area contributed by atoms with Gasteiger partial charge in [-0.2, -0.15) is 0 Å². The van der Waals surface area contributed by atoms with Crippen molar-refractivity contribution in [2.75, 3.05) is 21.3 Å². The van der Waals surface area contributed by atoms with Gasteiger partial charge in [-0.1, -0.05) is 0 Å². The van der Waals surface area contributed by atoms with E-state index in [1.54, 1.807) is 6.92 Å². The molecule has 208 valence electrons. The Kier molecular flexibility index (Phi) is 7.76. The average Bonchev–Trinajstić information content (AvgIpc) is 2.90. The summed E-state index contributed by atoms with van der Waals surface area (Å²) >= 11 is 0. The first-order chi connectivity index (χ1) is 19.0. The molecule has 0 fully saturated rings. The standard InChI is InChI=1S/C29H24F2O9/c1-13-21(38-14(2)32)8-7-18-24(16-9-19(30)27(20(31)10-16)39-15(3)33)25(29(34)40-26(13)18)17-11-22(35-4)28(37-6)23(12-17)36-5/h7-12H,1-6H3. The molecule has 0 aliphatic rings. The van der Waals surface area contributed by atoms with Crippen LogP contribution < -0.4 is 29.3 Å². The highest BCUT2D eigenvalue weighted by molar-refractivity contribution is 6.03. The van der Waals surface area contributed by atoms with E-state index in [1.807, 2.05) is 0 Å². The molecule has 0 spiro atoms. The quantitative estimate of drug-likeness (QED) is 0.164.